The van der Waals surface area contributed by atoms with E-state index in [1.165, 1.54) is 49.3 Å². The van der Waals surface area contributed by atoms with E-state index in [0.717, 1.165) is 29.2 Å². The van der Waals surface area contributed by atoms with E-state index in [2.05, 4.69) is 198 Å². The fourth-order valence-electron chi connectivity index (χ4n) is 7.37. The van der Waals surface area contributed by atoms with Gasteiger partial charge in [-0.15, -0.1) is 0 Å². The molecule has 0 radical (unpaired) electrons. The molecule has 0 spiro atoms. The molecule has 1 heterocycles. The van der Waals surface area contributed by atoms with Gasteiger partial charge in [0.15, 0.2) is 0 Å². The lowest BCUT2D eigenvalue weighted by atomic mass is 9.92. The number of benzene rings is 7. The quantitative estimate of drug-likeness (QED) is 0.181. The second-order valence-electron chi connectivity index (χ2n) is 12.5. The fourth-order valence-corrected chi connectivity index (χ4v) is 7.37. The van der Waals surface area contributed by atoms with Crippen LogP contribution in [0.4, 0.5) is 17.1 Å². The first-order chi connectivity index (χ1) is 23.8. The first-order valence-corrected chi connectivity index (χ1v) is 16.7. The Bertz CT molecular complexity index is 2460. The SMILES string of the molecule is C1=CCC(c2ccc(N(c3ccc(-c4cccc5ccccc45)cc3)c3ccc4c5ccccc5n(-c5ccccc5)c4c3)cc2)C=C1. The molecule has 228 valence electrons. The van der Waals surface area contributed by atoms with Crippen molar-refractivity contribution in [1.82, 2.24) is 4.57 Å². The number of hydrogen-bond donors (Lipinski definition) is 0. The Hall–Kier alpha value is -6.12. The van der Waals surface area contributed by atoms with Gasteiger partial charge in [-0.25, -0.2) is 0 Å². The topological polar surface area (TPSA) is 8.17 Å². The molecule has 0 aliphatic heterocycles. The highest BCUT2D eigenvalue weighted by atomic mass is 15.1. The smallest absolute Gasteiger partial charge is 0.0561 e. The zero-order valence-corrected chi connectivity index (χ0v) is 26.6. The van der Waals surface area contributed by atoms with E-state index in [4.69, 9.17) is 0 Å². The number of aromatic nitrogens is 1. The van der Waals surface area contributed by atoms with Gasteiger partial charge in [-0.2, -0.15) is 0 Å². The van der Waals surface area contributed by atoms with Crippen molar-refractivity contribution in [3.8, 4) is 16.8 Å². The van der Waals surface area contributed by atoms with E-state index in [1.54, 1.807) is 0 Å². The molecule has 0 saturated carbocycles. The molecule has 0 amide bonds. The van der Waals surface area contributed by atoms with Crippen LogP contribution in [0.1, 0.15) is 17.9 Å². The Morgan fingerprint density at radius 1 is 0.500 bits per heavy atom. The summed E-state index contributed by atoms with van der Waals surface area (Å²) in [6.45, 7) is 0. The van der Waals surface area contributed by atoms with Crippen molar-refractivity contribution in [3.05, 3.63) is 194 Å². The normalized spacial score (nSPS) is 14.2. The zero-order chi connectivity index (χ0) is 31.9. The molecule has 1 aromatic heterocycles. The maximum absolute atomic E-state index is 2.39. The lowest BCUT2D eigenvalue weighted by Gasteiger charge is -2.27. The summed E-state index contributed by atoms with van der Waals surface area (Å²) in [5.74, 6) is 0.412. The van der Waals surface area contributed by atoms with Gasteiger partial charge < -0.3 is 9.47 Å². The van der Waals surface area contributed by atoms with E-state index in [1.807, 2.05) is 0 Å². The number of hydrogen-bond acceptors (Lipinski definition) is 1. The number of nitrogens with zero attached hydrogens (tertiary/aromatic N) is 2. The number of allylic oxidation sites excluding steroid dienone is 4. The van der Waals surface area contributed by atoms with Crippen molar-refractivity contribution < 1.29 is 0 Å². The minimum atomic E-state index is 0.412. The molecule has 0 fully saturated rings. The Labute approximate surface area is 281 Å². The second-order valence-corrected chi connectivity index (χ2v) is 12.5. The van der Waals surface area contributed by atoms with E-state index >= 15 is 0 Å². The molecular formula is C46H34N2. The number of para-hydroxylation sites is 2. The Kier molecular flexibility index (Phi) is 6.98. The maximum Gasteiger partial charge on any atom is 0.0561 e. The Balaban J connectivity index is 1.20. The van der Waals surface area contributed by atoms with Gasteiger partial charge in [0.1, 0.15) is 0 Å². The van der Waals surface area contributed by atoms with Crippen molar-refractivity contribution in [2.24, 2.45) is 0 Å². The lowest BCUT2D eigenvalue weighted by molar-refractivity contribution is 0.854. The minimum absolute atomic E-state index is 0.412. The van der Waals surface area contributed by atoms with Gasteiger partial charge in [-0.05, 0) is 88.5 Å². The van der Waals surface area contributed by atoms with Crippen LogP contribution in [0.15, 0.2) is 188 Å². The molecule has 2 heteroatoms. The second kappa shape index (κ2) is 11.9. The molecule has 1 atom stereocenters. The van der Waals surface area contributed by atoms with Gasteiger partial charge in [0.2, 0.25) is 0 Å². The van der Waals surface area contributed by atoms with Crippen molar-refractivity contribution >= 4 is 49.6 Å². The van der Waals surface area contributed by atoms with Crippen LogP contribution in [0.3, 0.4) is 0 Å². The zero-order valence-electron chi connectivity index (χ0n) is 26.6. The van der Waals surface area contributed by atoms with Crippen LogP contribution in [-0.4, -0.2) is 4.57 Å². The van der Waals surface area contributed by atoms with Crippen molar-refractivity contribution in [3.63, 3.8) is 0 Å². The molecule has 2 nitrogen and oxygen atoms in total. The van der Waals surface area contributed by atoms with Gasteiger partial charge in [0, 0.05) is 39.4 Å². The van der Waals surface area contributed by atoms with Gasteiger partial charge >= 0.3 is 0 Å². The van der Waals surface area contributed by atoms with Gasteiger partial charge in [-0.3, -0.25) is 0 Å². The van der Waals surface area contributed by atoms with Crippen LogP contribution < -0.4 is 4.90 Å². The first-order valence-electron chi connectivity index (χ1n) is 16.7. The highest BCUT2D eigenvalue weighted by molar-refractivity contribution is 6.10. The maximum atomic E-state index is 2.39. The highest BCUT2D eigenvalue weighted by Gasteiger charge is 2.18. The van der Waals surface area contributed by atoms with Crippen LogP contribution in [-0.2, 0) is 0 Å². The van der Waals surface area contributed by atoms with Crippen LogP contribution in [0, 0.1) is 0 Å². The van der Waals surface area contributed by atoms with E-state index < -0.39 is 0 Å². The van der Waals surface area contributed by atoms with Gasteiger partial charge in [0.25, 0.3) is 0 Å². The average Bonchev–Trinajstić information content (AvgIpc) is 3.50. The third-order valence-corrected chi connectivity index (χ3v) is 9.72. The molecule has 7 aromatic carbocycles. The molecule has 1 aliphatic carbocycles. The van der Waals surface area contributed by atoms with Crippen molar-refractivity contribution in [2.75, 3.05) is 4.90 Å². The summed E-state index contributed by atoms with van der Waals surface area (Å²) >= 11 is 0. The van der Waals surface area contributed by atoms with E-state index in [-0.39, 0.29) is 0 Å². The summed E-state index contributed by atoms with van der Waals surface area (Å²) in [7, 11) is 0. The summed E-state index contributed by atoms with van der Waals surface area (Å²) in [5.41, 5.74) is 10.7. The Morgan fingerprint density at radius 2 is 1.17 bits per heavy atom. The summed E-state index contributed by atoms with van der Waals surface area (Å²) in [4.78, 5) is 2.39. The number of fused-ring (bicyclic) bond motifs is 4. The minimum Gasteiger partial charge on any atom is -0.310 e. The molecule has 1 unspecified atom stereocenters. The molecular weight excluding hydrogens is 581 g/mol. The molecule has 48 heavy (non-hydrogen) atoms. The van der Waals surface area contributed by atoms with Crippen LogP contribution in [0.2, 0.25) is 0 Å². The van der Waals surface area contributed by atoms with E-state index in [0.29, 0.717) is 5.92 Å². The summed E-state index contributed by atoms with van der Waals surface area (Å²) in [5, 5.41) is 5.03. The molecule has 1 aliphatic rings. The largest absolute Gasteiger partial charge is 0.310 e. The lowest BCUT2D eigenvalue weighted by Crippen LogP contribution is -2.10. The average molecular weight is 615 g/mol. The molecule has 0 saturated heterocycles. The predicted molar refractivity (Wildman–Crippen MR) is 204 cm³/mol. The van der Waals surface area contributed by atoms with Crippen LogP contribution in [0.25, 0.3) is 49.4 Å². The predicted octanol–water partition coefficient (Wildman–Crippen LogP) is 12.7. The Morgan fingerprint density at radius 3 is 1.96 bits per heavy atom. The molecule has 0 bridgehead atoms. The molecule has 9 rings (SSSR count). The molecule has 0 N–H and O–H groups in total. The summed E-state index contributed by atoms with van der Waals surface area (Å²) in [6, 6.07) is 59.7. The number of anilines is 3. The summed E-state index contributed by atoms with van der Waals surface area (Å²) < 4.78 is 2.39. The monoisotopic (exact) mass is 614 g/mol. The van der Waals surface area contributed by atoms with Crippen molar-refractivity contribution in [2.45, 2.75) is 12.3 Å². The van der Waals surface area contributed by atoms with Crippen molar-refractivity contribution in [1.29, 1.82) is 0 Å². The van der Waals surface area contributed by atoms with E-state index in [9.17, 15) is 0 Å². The molecule has 8 aromatic rings. The number of rotatable bonds is 6. The summed E-state index contributed by atoms with van der Waals surface area (Å²) in [6.07, 6.45) is 9.89. The third-order valence-electron chi connectivity index (χ3n) is 9.72. The van der Waals surface area contributed by atoms with Gasteiger partial charge in [-0.1, -0.05) is 133 Å². The van der Waals surface area contributed by atoms with Gasteiger partial charge in [0.05, 0.1) is 11.0 Å². The fraction of sp³-hybridized carbons (Fsp3) is 0.0435. The highest BCUT2D eigenvalue weighted by Crippen LogP contribution is 2.41. The standard InChI is InChI=1S/C46H34N2/c1-3-12-33(13-4-1)34-22-26-38(27-23-34)47(39-28-24-36(25-29-39)42-20-11-15-35-14-7-8-18-41(35)42)40-30-31-44-43-19-9-10-21-45(43)48(46(44)32-40)37-16-5-2-6-17-37/h1-12,14-33H,13H2. The van der Waals surface area contributed by atoms with Crippen LogP contribution >= 0.6 is 0 Å². The first kappa shape index (κ1) is 28.1. The van der Waals surface area contributed by atoms with Crippen LogP contribution in [0.5, 0.6) is 0 Å². The third kappa shape index (κ3) is 4.90.